The van der Waals surface area contributed by atoms with E-state index in [0.717, 1.165) is 15.8 Å². The SMILES string of the molecule is CCC(=O)N(c1c[nH]c2ccccc12)[C@H](C1=NOC(C(=O)N(C)[C@@H](CC(=O)O)C(=O)COC(=O)c2c(Cl)cccc2Cl)(c2ccccc2)C1)C(C)C. The van der Waals surface area contributed by atoms with E-state index in [0.29, 0.717) is 17.0 Å². The summed E-state index contributed by atoms with van der Waals surface area (Å²) in [7, 11) is 1.28. The second kappa shape index (κ2) is 16.0. The summed E-state index contributed by atoms with van der Waals surface area (Å²) in [5.41, 5.74) is 0.286. The number of carboxylic acid groups (broad SMARTS) is 1. The number of nitrogens with one attached hydrogen (secondary N) is 1. The Morgan fingerprint density at radius 2 is 1.63 bits per heavy atom. The lowest BCUT2D eigenvalue weighted by molar-refractivity contribution is -0.161. The monoisotopic (exact) mass is 748 g/mol. The smallest absolute Gasteiger partial charge is 0.341 e. The molecule has 0 fully saturated rings. The highest BCUT2D eigenvalue weighted by molar-refractivity contribution is 6.39. The molecule has 2 amide bonds. The Bertz CT molecular complexity index is 2010. The van der Waals surface area contributed by atoms with E-state index in [1.165, 1.54) is 25.2 Å². The Hall–Kier alpha value is -5.20. The number of carbonyl (C=O) groups is 5. The summed E-state index contributed by atoms with van der Waals surface area (Å²) in [6.45, 7) is 4.77. The lowest BCUT2D eigenvalue weighted by Gasteiger charge is -2.36. The normalized spacial score (nSPS) is 16.5. The van der Waals surface area contributed by atoms with Crippen LogP contribution in [0.2, 0.25) is 10.0 Å². The number of aromatic nitrogens is 1. The van der Waals surface area contributed by atoms with E-state index in [9.17, 15) is 29.1 Å². The number of H-pyrrole nitrogens is 1. The molecule has 52 heavy (non-hydrogen) atoms. The van der Waals surface area contributed by atoms with Gasteiger partial charge in [0.15, 0.2) is 12.4 Å². The van der Waals surface area contributed by atoms with E-state index in [2.05, 4.69) is 10.1 Å². The van der Waals surface area contributed by atoms with Crippen molar-refractivity contribution in [2.75, 3.05) is 18.6 Å². The minimum absolute atomic E-state index is 0.00178. The van der Waals surface area contributed by atoms with Crippen LogP contribution in [0.25, 0.3) is 10.9 Å². The van der Waals surface area contributed by atoms with Gasteiger partial charge in [-0.3, -0.25) is 19.2 Å². The molecule has 3 atom stereocenters. The number of carboxylic acids is 1. The van der Waals surface area contributed by atoms with Gasteiger partial charge in [0.2, 0.25) is 11.5 Å². The zero-order chi connectivity index (χ0) is 37.7. The zero-order valence-electron chi connectivity index (χ0n) is 29.0. The number of hydrogen-bond acceptors (Lipinski definition) is 8. The first kappa shape index (κ1) is 38.0. The number of ether oxygens (including phenoxy) is 1. The van der Waals surface area contributed by atoms with Gasteiger partial charge in [-0.2, -0.15) is 0 Å². The molecule has 272 valence electrons. The van der Waals surface area contributed by atoms with Crippen molar-refractivity contribution < 1.29 is 38.7 Å². The predicted molar refractivity (Wildman–Crippen MR) is 197 cm³/mol. The third kappa shape index (κ3) is 7.54. The third-order valence-corrected chi connectivity index (χ3v) is 9.65. The number of aromatic amines is 1. The molecule has 2 N–H and O–H groups in total. The van der Waals surface area contributed by atoms with Crippen LogP contribution in [0.1, 0.15) is 56.0 Å². The molecule has 3 aromatic carbocycles. The summed E-state index contributed by atoms with van der Waals surface area (Å²) in [5.74, 6) is -4.37. The van der Waals surface area contributed by atoms with Crippen molar-refractivity contribution in [1.29, 1.82) is 0 Å². The number of benzene rings is 3. The van der Waals surface area contributed by atoms with E-state index in [4.69, 9.17) is 32.8 Å². The molecular weight excluding hydrogens is 711 g/mol. The molecule has 1 aliphatic heterocycles. The quantitative estimate of drug-likeness (QED) is 0.136. The molecule has 1 unspecified atom stereocenters. The molecule has 4 aromatic rings. The number of likely N-dealkylation sites (N-methyl/N-ethyl adjacent to an activating group) is 1. The minimum atomic E-state index is -1.83. The van der Waals surface area contributed by atoms with Crippen LogP contribution in [0.4, 0.5) is 5.69 Å². The average molecular weight is 750 g/mol. The van der Waals surface area contributed by atoms with E-state index in [1.807, 2.05) is 38.1 Å². The van der Waals surface area contributed by atoms with Crippen molar-refractivity contribution in [2.24, 2.45) is 11.1 Å². The first-order valence-electron chi connectivity index (χ1n) is 16.6. The third-order valence-electron chi connectivity index (χ3n) is 9.02. The van der Waals surface area contributed by atoms with Crippen molar-refractivity contribution in [2.45, 2.75) is 57.7 Å². The number of para-hydroxylation sites is 1. The van der Waals surface area contributed by atoms with E-state index >= 15 is 0 Å². The van der Waals surface area contributed by atoms with Gasteiger partial charge in [0.05, 0.1) is 39.5 Å². The number of nitrogens with zero attached hydrogens (tertiary/aromatic N) is 3. The van der Waals surface area contributed by atoms with Crippen LogP contribution in [-0.2, 0) is 34.4 Å². The molecule has 1 aromatic heterocycles. The topological polar surface area (TPSA) is 159 Å². The van der Waals surface area contributed by atoms with Crippen LogP contribution in [0, 0.1) is 5.92 Å². The van der Waals surface area contributed by atoms with E-state index in [-0.39, 0.29) is 40.3 Å². The first-order valence-corrected chi connectivity index (χ1v) is 17.4. The van der Waals surface area contributed by atoms with Crippen LogP contribution < -0.4 is 4.90 Å². The van der Waals surface area contributed by atoms with Crippen molar-refractivity contribution >= 4 is 75.0 Å². The lowest BCUT2D eigenvalue weighted by Crippen LogP contribution is -2.54. The molecule has 0 bridgehead atoms. The van der Waals surface area contributed by atoms with Crippen molar-refractivity contribution in [1.82, 2.24) is 9.88 Å². The second-order valence-corrected chi connectivity index (χ2v) is 13.6. The van der Waals surface area contributed by atoms with Crippen LogP contribution in [-0.4, -0.2) is 76.0 Å². The number of ketones is 1. The number of carbonyl (C=O) groups excluding carboxylic acids is 4. The summed E-state index contributed by atoms with van der Waals surface area (Å²) in [5, 5.41) is 15.1. The van der Waals surface area contributed by atoms with E-state index < -0.39 is 54.3 Å². The number of aliphatic carboxylic acids is 1. The Balaban J connectivity index is 1.48. The molecule has 2 heterocycles. The van der Waals surface area contributed by atoms with Crippen molar-refractivity contribution in [3.05, 3.63) is 100 Å². The predicted octanol–water partition coefficient (Wildman–Crippen LogP) is 6.64. The number of rotatable bonds is 14. The van der Waals surface area contributed by atoms with Crippen molar-refractivity contribution in [3.8, 4) is 0 Å². The van der Waals surface area contributed by atoms with Gasteiger partial charge in [-0.1, -0.05) is 104 Å². The summed E-state index contributed by atoms with van der Waals surface area (Å²) in [4.78, 5) is 78.8. The molecule has 0 radical (unpaired) electrons. The summed E-state index contributed by atoms with van der Waals surface area (Å²) >= 11 is 12.2. The van der Waals surface area contributed by atoms with Gasteiger partial charge < -0.3 is 29.5 Å². The molecule has 1 aliphatic rings. The molecule has 12 nitrogen and oxygen atoms in total. The highest BCUT2D eigenvalue weighted by Crippen LogP contribution is 2.41. The second-order valence-electron chi connectivity index (χ2n) is 12.7. The fourth-order valence-corrected chi connectivity index (χ4v) is 7.02. The highest BCUT2D eigenvalue weighted by atomic mass is 35.5. The standard InChI is InChI=1S/C38H38Cl2N4O8/c1-5-32(46)44(30-20-41-27-17-10-9-14-24(27)30)35(22(2)3)28-19-38(52-42-28,23-12-7-6-8-13-23)37(50)43(4)29(18-33(47)48)31(45)21-51-36(49)34-25(39)15-11-16-26(34)40/h6-17,20,22,29,35,41H,5,18-19,21H2,1-4H3,(H,47,48)/t29-,35-,38?/m0/s1. The Kier molecular flexibility index (Phi) is 11.7. The number of esters is 1. The number of oxime groups is 1. The summed E-state index contributed by atoms with van der Waals surface area (Å²) in [6, 6.07) is 18.3. The molecule has 5 rings (SSSR count). The van der Waals surface area contributed by atoms with Crippen LogP contribution >= 0.6 is 23.2 Å². The minimum Gasteiger partial charge on any atom is -0.481 e. The molecule has 0 saturated heterocycles. The van der Waals surface area contributed by atoms with Gasteiger partial charge in [-0.15, -0.1) is 0 Å². The Labute approximate surface area is 310 Å². The van der Waals surface area contributed by atoms with Crippen molar-refractivity contribution in [3.63, 3.8) is 0 Å². The van der Waals surface area contributed by atoms with Gasteiger partial charge in [0.25, 0.3) is 5.91 Å². The highest BCUT2D eigenvalue weighted by Gasteiger charge is 2.53. The molecule has 14 heteroatoms. The Morgan fingerprint density at radius 3 is 2.27 bits per heavy atom. The molecular formula is C38H38Cl2N4O8. The molecule has 0 saturated carbocycles. The maximum Gasteiger partial charge on any atom is 0.341 e. The zero-order valence-corrected chi connectivity index (χ0v) is 30.5. The number of anilines is 1. The van der Waals surface area contributed by atoms with Crippen LogP contribution in [0.3, 0.4) is 0 Å². The molecule has 0 spiro atoms. The maximum absolute atomic E-state index is 14.7. The van der Waals surface area contributed by atoms with Gasteiger partial charge >= 0.3 is 11.9 Å². The van der Waals surface area contributed by atoms with E-state index in [1.54, 1.807) is 48.4 Å². The number of fused-ring (bicyclic) bond motifs is 1. The number of amides is 2. The fraction of sp³-hybridized carbons (Fsp3) is 0.316. The number of Topliss-reactive ketones (excluding diaryl/α,β-unsaturated/α-hetero) is 1. The van der Waals surface area contributed by atoms with Gasteiger partial charge in [0.1, 0.15) is 6.04 Å². The largest absolute Gasteiger partial charge is 0.481 e. The number of hydrogen-bond donors (Lipinski definition) is 2. The number of halogens is 2. The summed E-state index contributed by atoms with van der Waals surface area (Å²) < 4.78 is 5.20. The fourth-order valence-electron chi connectivity index (χ4n) is 6.47. The van der Waals surface area contributed by atoms with Gasteiger partial charge in [-0.25, -0.2) is 4.79 Å². The van der Waals surface area contributed by atoms with Crippen LogP contribution in [0.15, 0.2) is 84.1 Å². The summed E-state index contributed by atoms with van der Waals surface area (Å²) in [6.07, 6.45) is 1.04. The molecule has 0 aliphatic carbocycles. The average Bonchev–Trinajstić information content (AvgIpc) is 3.76. The van der Waals surface area contributed by atoms with Crippen LogP contribution in [0.5, 0.6) is 0 Å². The maximum atomic E-state index is 14.7. The van der Waals surface area contributed by atoms with Gasteiger partial charge in [0, 0.05) is 42.6 Å². The first-order chi connectivity index (χ1) is 24.8. The Morgan fingerprint density at radius 1 is 0.981 bits per heavy atom. The van der Waals surface area contributed by atoms with Gasteiger partial charge in [-0.05, 0) is 24.1 Å². The lowest BCUT2D eigenvalue weighted by atomic mass is 9.83.